The lowest BCUT2D eigenvalue weighted by molar-refractivity contribution is 0.299. The Morgan fingerprint density at radius 3 is 2.55 bits per heavy atom. The Morgan fingerprint density at radius 1 is 1.20 bits per heavy atom. The second-order valence-electron chi connectivity index (χ2n) is 5.88. The van der Waals surface area contributed by atoms with Crippen molar-refractivity contribution in [1.82, 2.24) is 10.2 Å². The van der Waals surface area contributed by atoms with E-state index >= 15 is 0 Å². The van der Waals surface area contributed by atoms with Gasteiger partial charge in [-0.15, -0.1) is 0 Å². The van der Waals surface area contributed by atoms with Gasteiger partial charge in [-0.05, 0) is 44.0 Å². The van der Waals surface area contributed by atoms with Crippen LogP contribution in [0.5, 0.6) is 0 Å². The monoisotopic (exact) mass is 292 g/mol. The van der Waals surface area contributed by atoms with Crippen LogP contribution in [0.25, 0.3) is 0 Å². The molecule has 2 saturated carbocycles. The minimum atomic E-state index is -0.135. The first kappa shape index (κ1) is 13.8. The van der Waals surface area contributed by atoms with Crippen LogP contribution in [-0.4, -0.2) is 22.1 Å². The molecular formula is C16H21FN2S. The topological polar surface area (TPSA) is 15.3 Å². The van der Waals surface area contributed by atoms with Crippen molar-refractivity contribution in [3.05, 3.63) is 35.6 Å². The van der Waals surface area contributed by atoms with Gasteiger partial charge >= 0.3 is 0 Å². The van der Waals surface area contributed by atoms with Crippen LogP contribution in [0.4, 0.5) is 4.39 Å². The van der Waals surface area contributed by atoms with Crippen LogP contribution in [0.15, 0.2) is 24.3 Å². The molecule has 2 aliphatic carbocycles. The highest BCUT2D eigenvalue weighted by Gasteiger charge is 2.29. The normalized spacial score (nSPS) is 19.1. The molecule has 4 heteroatoms. The van der Waals surface area contributed by atoms with Gasteiger partial charge < -0.3 is 10.2 Å². The summed E-state index contributed by atoms with van der Waals surface area (Å²) in [5.41, 5.74) is 0.736. The van der Waals surface area contributed by atoms with E-state index in [2.05, 4.69) is 10.2 Å². The third-order valence-electron chi connectivity index (χ3n) is 4.23. The van der Waals surface area contributed by atoms with Gasteiger partial charge in [0.05, 0.1) is 0 Å². The second-order valence-corrected chi connectivity index (χ2v) is 6.27. The fourth-order valence-electron chi connectivity index (χ4n) is 2.88. The molecule has 2 aliphatic rings. The van der Waals surface area contributed by atoms with Gasteiger partial charge in [0.1, 0.15) is 5.82 Å². The summed E-state index contributed by atoms with van der Waals surface area (Å²) in [6.07, 6.45) is 7.26. The fraction of sp³-hybridized carbons (Fsp3) is 0.562. The Morgan fingerprint density at radius 2 is 1.90 bits per heavy atom. The van der Waals surface area contributed by atoms with Crippen LogP contribution in [0.2, 0.25) is 0 Å². The lowest BCUT2D eigenvalue weighted by atomic mass is 10.1. The summed E-state index contributed by atoms with van der Waals surface area (Å²) in [5.74, 6) is -0.135. The Balaban J connectivity index is 1.73. The number of nitrogens with zero attached hydrogens (tertiary/aromatic N) is 1. The SMILES string of the molecule is Fc1ccccc1CN(C(=S)NC1CC1)C1CCCC1. The molecule has 0 spiro atoms. The van der Waals surface area contributed by atoms with Crippen LogP contribution in [0.3, 0.4) is 0 Å². The summed E-state index contributed by atoms with van der Waals surface area (Å²) in [5, 5.41) is 4.21. The standard InChI is InChI=1S/C16H21FN2S/c17-15-8-4-1-5-12(15)11-19(14-6-2-3-7-14)16(20)18-13-9-10-13/h1,4-5,8,13-14H,2-3,6-7,9-11H2,(H,18,20). The van der Waals surface area contributed by atoms with E-state index in [0.29, 0.717) is 18.6 Å². The summed E-state index contributed by atoms with van der Waals surface area (Å²) in [4.78, 5) is 2.21. The molecule has 0 aromatic heterocycles. The van der Waals surface area contributed by atoms with Crippen LogP contribution in [0, 0.1) is 5.82 Å². The smallest absolute Gasteiger partial charge is 0.169 e. The van der Waals surface area contributed by atoms with Gasteiger partial charge in [0, 0.05) is 24.2 Å². The number of thiocarbonyl (C=S) groups is 1. The van der Waals surface area contributed by atoms with E-state index in [0.717, 1.165) is 10.7 Å². The summed E-state index contributed by atoms with van der Waals surface area (Å²) >= 11 is 5.56. The molecule has 0 heterocycles. The van der Waals surface area contributed by atoms with Gasteiger partial charge in [-0.25, -0.2) is 4.39 Å². The Kier molecular flexibility index (Phi) is 4.20. The minimum absolute atomic E-state index is 0.135. The predicted octanol–water partition coefficient (Wildman–Crippen LogP) is 3.61. The van der Waals surface area contributed by atoms with Gasteiger partial charge in [-0.2, -0.15) is 0 Å². The largest absolute Gasteiger partial charge is 0.360 e. The molecule has 0 aliphatic heterocycles. The quantitative estimate of drug-likeness (QED) is 0.854. The molecule has 1 aromatic carbocycles. The van der Waals surface area contributed by atoms with Crippen molar-refractivity contribution in [2.45, 2.75) is 57.2 Å². The molecule has 1 aromatic rings. The van der Waals surface area contributed by atoms with E-state index in [1.807, 2.05) is 12.1 Å². The van der Waals surface area contributed by atoms with Crippen molar-refractivity contribution in [1.29, 1.82) is 0 Å². The van der Waals surface area contributed by atoms with Gasteiger partial charge in [0.25, 0.3) is 0 Å². The molecule has 2 nitrogen and oxygen atoms in total. The number of hydrogen-bond donors (Lipinski definition) is 1. The molecule has 1 N–H and O–H groups in total. The first-order chi connectivity index (χ1) is 9.74. The summed E-state index contributed by atoms with van der Waals surface area (Å²) in [6, 6.07) is 8.03. The second kappa shape index (κ2) is 6.08. The first-order valence-electron chi connectivity index (χ1n) is 7.54. The van der Waals surface area contributed by atoms with Crippen molar-refractivity contribution >= 4 is 17.3 Å². The summed E-state index contributed by atoms with van der Waals surface area (Å²) in [7, 11) is 0. The van der Waals surface area contributed by atoms with Crippen molar-refractivity contribution in [2.75, 3.05) is 0 Å². The molecule has 0 saturated heterocycles. The van der Waals surface area contributed by atoms with Crippen molar-refractivity contribution < 1.29 is 4.39 Å². The highest BCUT2D eigenvalue weighted by molar-refractivity contribution is 7.80. The highest BCUT2D eigenvalue weighted by atomic mass is 32.1. The molecule has 108 valence electrons. The van der Waals surface area contributed by atoms with E-state index in [1.54, 1.807) is 6.07 Å². The zero-order chi connectivity index (χ0) is 13.9. The zero-order valence-corrected chi connectivity index (χ0v) is 12.5. The number of hydrogen-bond acceptors (Lipinski definition) is 1. The highest BCUT2D eigenvalue weighted by Crippen LogP contribution is 2.27. The number of rotatable bonds is 4. The summed E-state index contributed by atoms with van der Waals surface area (Å²) < 4.78 is 13.9. The fourth-order valence-corrected chi connectivity index (χ4v) is 3.26. The number of nitrogens with one attached hydrogen (secondary N) is 1. The van der Waals surface area contributed by atoms with Gasteiger partial charge in [-0.1, -0.05) is 31.0 Å². The number of benzene rings is 1. The molecule has 3 rings (SSSR count). The van der Waals surface area contributed by atoms with Crippen LogP contribution in [-0.2, 0) is 6.54 Å². The molecule has 0 atom stereocenters. The molecular weight excluding hydrogens is 271 g/mol. The van der Waals surface area contributed by atoms with Crippen molar-refractivity contribution in [2.24, 2.45) is 0 Å². The minimum Gasteiger partial charge on any atom is -0.360 e. The Bertz CT molecular complexity index is 481. The van der Waals surface area contributed by atoms with E-state index < -0.39 is 0 Å². The van der Waals surface area contributed by atoms with Crippen LogP contribution in [0.1, 0.15) is 44.1 Å². The maximum absolute atomic E-state index is 13.9. The molecule has 0 bridgehead atoms. The molecule has 0 amide bonds. The van der Waals surface area contributed by atoms with E-state index in [-0.39, 0.29) is 5.82 Å². The Hall–Kier alpha value is -1.16. The summed E-state index contributed by atoms with van der Waals surface area (Å²) in [6.45, 7) is 0.579. The lowest BCUT2D eigenvalue weighted by Crippen LogP contribution is -2.45. The molecule has 0 unspecified atom stereocenters. The van der Waals surface area contributed by atoms with E-state index in [9.17, 15) is 4.39 Å². The van der Waals surface area contributed by atoms with Gasteiger partial charge in [-0.3, -0.25) is 0 Å². The van der Waals surface area contributed by atoms with Crippen molar-refractivity contribution in [3.8, 4) is 0 Å². The maximum Gasteiger partial charge on any atom is 0.169 e. The third kappa shape index (κ3) is 3.29. The average Bonchev–Trinajstić information content (AvgIpc) is 3.08. The average molecular weight is 292 g/mol. The molecule has 20 heavy (non-hydrogen) atoms. The maximum atomic E-state index is 13.9. The van der Waals surface area contributed by atoms with Gasteiger partial charge in [0.15, 0.2) is 5.11 Å². The zero-order valence-electron chi connectivity index (χ0n) is 11.6. The predicted molar refractivity (Wildman–Crippen MR) is 83.0 cm³/mol. The van der Waals surface area contributed by atoms with Crippen LogP contribution >= 0.6 is 12.2 Å². The van der Waals surface area contributed by atoms with Crippen LogP contribution < -0.4 is 5.32 Å². The Labute approximate surface area is 125 Å². The number of halogens is 1. The molecule has 0 radical (unpaired) electrons. The van der Waals surface area contributed by atoms with E-state index in [1.165, 1.54) is 44.6 Å². The third-order valence-corrected chi connectivity index (χ3v) is 4.58. The van der Waals surface area contributed by atoms with Crippen molar-refractivity contribution in [3.63, 3.8) is 0 Å². The van der Waals surface area contributed by atoms with Gasteiger partial charge in [0.2, 0.25) is 0 Å². The lowest BCUT2D eigenvalue weighted by Gasteiger charge is -2.32. The first-order valence-corrected chi connectivity index (χ1v) is 7.95. The molecule has 2 fully saturated rings. The van der Waals surface area contributed by atoms with E-state index in [4.69, 9.17) is 12.2 Å².